The molecule has 1 aliphatic rings. The molecule has 1 aromatic rings. The first-order chi connectivity index (χ1) is 8.16. The van der Waals surface area contributed by atoms with E-state index < -0.39 is 12.9 Å². The first-order valence-electron chi connectivity index (χ1n) is 5.53. The van der Waals surface area contributed by atoms with Gasteiger partial charge in [-0.25, -0.2) is 4.39 Å². The Kier molecular flexibility index (Phi) is 3.99. The number of rotatable bonds is 4. The highest BCUT2D eigenvalue weighted by atomic mass is 19.1. The Morgan fingerprint density at radius 3 is 2.94 bits per heavy atom. The molecule has 92 valence electrons. The van der Waals surface area contributed by atoms with Gasteiger partial charge in [-0.3, -0.25) is 0 Å². The fourth-order valence-electron chi connectivity index (χ4n) is 1.71. The Hall–Kier alpha value is -1.11. The Morgan fingerprint density at radius 1 is 1.47 bits per heavy atom. The highest BCUT2D eigenvalue weighted by Crippen LogP contribution is 2.18. The first-order valence-corrected chi connectivity index (χ1v) is 5.53. The third kappa shape index (κ3) is 3.18. The quantitative estimate of drug-likeness (QED) is 0.723. The van der Waals surface area contributed by atoms with Crippen LogP contribution >= 0.6 is 0 Å². The van der Waals surface area contributed by atoms with Crippen LogP contribution in [0.2, 0.25) is 0 Å². The third-order valence-electron chi connectivity index (χ3n) is 2.75. The average molecular weight is 240 g/mol. The molecule has 1 aliphatic heterocycles. The molecule has 6 heteroatoms. The fraction of sp³-hybridized carbons (Fsp3) is 0.455. The number of halogens is 1. The zero-order valence-electron chi connectivity index (χ0n) is 9.30. The van der Waals surface area contributed by atoms with E-state index in [9.17, 15) is 4.39 Å². The maximum absolute atomic E-state index is 13.4. The summed E-state index contributed by atoms with van der Waals surface area (Å²) in [5.74, 6) is -0.187. The van der Waals surface area contributed by atoms with Crippen LogP contribution in [-0.2, 0) is 4.74 Å². The second-order valence-corrected chi connectivity index (χ2v) is 4.10. The molecule has 0 bridgehead atoms. The summed E-state index contributed by atoms with van der Waals surface area (Å²) in [5, 5.41) is 18.0. The van der Waals surface area contributed by atoms with Gasteiger partial charge in [-0.05, 0) is 24.0 Å². The molecule has 0 spiro atoms. The molecule has 0 aromatic heterocycles. The van der Waals surface area contributed by atoms with Gasteiger partial charge in [0.2, 0.25) is 0 Å². The van der Waals surface area contributed by atoms with Crippen molar-refractivity contribution in [3.05, 3.63) is 24.0 Å². The van der Waals surface area contributed by atoms with Gasteiger partial charge in [0.25, 0.3) is 0 Å². The molecule has 1 atom stereocenters. The summed E-state index contributed by atoms with van der Waals surface area (Å²) in [7, 11) is -1.62. The maximum Gasteiger partial charge on any atom is 0.488 e. The van der Waals surface area contributed by atoms with Crippen molar-refractivity contribution in [2.24, 2.45) is 5.92 Å². The van der Waals surface area contributed by atoms with E-state index in [2.05, 4.69) is 0 Å². The molecule has 2 N–H and O–H groups in total. The van der Waals surface area contributed by atoms with Crippen molar-refractivity contribution in [1.29, 1.82) is 0 Å². The minimum atomic E-state index is -1.62. The lowest BCUT2D eigenvalue weighted by molar-refractivity contribution is 0.165. The SMILES string of the molecule is OB(O)c1ccc(F)c(OCC2CCOC2)c1. The van der Waals surface area contributed by atoms with Gasteiger partial charge >= 0.3 is 7.12 Å². The molecular weight excluding hydrogens is 226 g/mol. The highest BCUT2D eigenvalue weighted by Gasteiger charge is 2.18. The summed E-state index contributed by atoms with van der Waals surface area (Å²) in [6.07, 6.45) is 0.907. The van der Waals surface area contributed by atoms with Crippen LogP contribution in [0.4, 0.5) is 4.39 Å². The number of hydrogen-bond acceptors (Lipinski definition) is 4. The van der Waals surface area contributed by atoms with Crippen LogP contribution in [0.3, 0.4) is 0 Å². The molecule has 17 heavy (non-hydrogen) atoms. The van der Waals surface area contributed by atoms with Gasteiger partial charge in [-0.15, -0.1) is 0 Å². The van der Waals surface area contributed by atoms with E-state index in [4.69, 9.17) is 19.5 Å². The van der Waals surface area contributed by atoms with Crippen LogP contribution in [0.1, 0.15) is 6.42 Å². The van der Waals surface area contributed by atoms with Crippen molar-refractivity contribution < 1.29 is 23.9 Å². The Balaban J connectivity index is 2.00. The first kappa shape index (κ1) is 12.4. The van der Waals surface area contributed by atoms with Gasteiger partial charge in [-0.2, -0.15) is 0 Å². The number of benzene rings is 1. The molecule has 0 radical (unpaired) electrons. The Labute approximate surface area is 99.1 Å². The summed E-state index contributed by atoms with van der Waals surface area (Å²) in [6.45, 7) is 1.72. The molecule has 1 unspecified atom stereocenters. The van der Waals surface area contributed by atoms with Gasteiger partial charge < -0.3 is 19.5 Å². The van der Waals surface area contributed by atoms with Gasteiger partial charge in [0.15, 0.2) is 11.6 Å². The second kappa shape index (κ2) is 5.49. The lowest BCUT2D eigenvalue weighted by atomic mass is 9.80. The van der Waals surface area contributed by atoms with Crippen LogP contribution in [0.5, 0.6) is 5.75 Å². The Morgan fingerprint density at radius 2 is 2.29 bits per heavy atom. The zero-order valence-corrected chi connectivity index (χ0v) is 9.30. The molecule has 1 aromatic carbocycles. The maximum atomic E-state index is 13.4. The average Bonchev–Trinajstić information content (AvgIpc) is 2.80. The van der Waals surface area contributed by atoms with Crippen molar-refractivity contribution in [3.63, 3.8) is 0 Å². The van der Waals surface area contributed by atoms with Crippen LogP contribution in [0.25, 0.3) is 0 Å². The van der Waals surface area contributed by atoms with E-state index in [1.165, 1.54) is 12.1 Å². The molecule has 0 aliphatic carbocycles. The fourth-order valence-corrected chi connectivity index (χ4v) is 1.71. The van der Waals surface area contributed by atoms with E-state index in [0.717, 1.165) is 12.5 Å². The van der Waals surface area contributed by atoms with E-state index in [1.807, 2.05) is 0 Å². The van der Waals surface area contributed by atoms with E-state index >= 15 is 0 Å². The van der Waals surface area contributed by atoms with Gasteiger partial charge in [-0.1, -0.05) is 6.07 Å². The molecule has 0 saturated carbocycles. The minimum Gasteiger partial charge on any atom is -0.490 e. The standard InChI is InChI=1S/C11H14BFO4/c13-10-2-1-9(12(14)15)5-11(10)17-7-8-3-4-16-6-8/h1-2,5,8,14-15H,3-4,6-7H2. The van der Waals surface area contributed by atoms with Crippen molar-refractivity contribution >= 4 is 12.6 Å². The summed E-state index contributed by atoms with van der Waals surface area (Å²) >= 11 is 0. The minimum absolute atomic E-state index is 0.0440. The van der Waals surface area contributed by atoms with Gasteiger partial charge in [0.05, 0.1) is 13.2 Å². The summed E-state index contributed by atoms with van der Waals surface area (Å²) in [4.78, 5) is 0. The summed E-state index contributed by atoms with van der Waals surface area (Å²) in [6, 6.07) is 3.77. The van der Waals surface area contributed by atoms with Gasteiger partial charge in [0.1, 0.15) is 0 Å². The van der Waals surface area contributed by atoms with Crippen molar-refractivity contribution in [3.8, 4) is 5.75 Å². The number of hydrogen-bond donors (Lipinski definition) is 2. The normalized spacial score (nSPS) is 19.4. The predicted molar refractivity (Wildman–Crippen MR) is 60.6 cm³/mol. The largest absolute Gasteiger partial charge is 0.490 e. The smallest absolute Gasteiger partial charge is 0.488 e. The molecule has 1 fully saturated rings. The lowest BCUT2D eigenvalue weighted by Crippen LogP contribution is -2.30. The monoisotopic (exact) mass is 240 g/mol. The zero-order chi connectivity index (χ0) is 12.3. The van der Waals surface area contributed by atoms with Crippen molar-refractivity contribution in [2.45, 2.75) is 6.42 Å². The van der Waals surface area contributed by atoms with Crippen LogP contribution in [0.15, 0.2) is 18.2 Å². The topological polar surface area (TPSA) is 58.9 Å². The van der Waals surface area contributed by atoms with E-state index in [-0.39, 0.29) is 17.1 Å². The Bertz CT molecular complexity index is 380. The van der Waals surface area contributed by atoms with Crippen LogP contribution in [-0.4, -0.2) is 37.0 Å². The molecule has 1 heterocycles. The number of ether oxygens (including phenoxy) is 2. The van der Waals surface area contributed by atoms with Crippen molar-refractivity contribution in [2.75, 3.05) is 19.8 Å². The third-order valence-corrected chi connectivity index (χ3v) is 2.75. The molecular formula is C11H14BFO4. The van der Waals surface area contributed by atoms with E-state index in [0.29, 0.717) is 19.8 Å². The molecule has 4 nitrogen and oxygen atoms in total. The van der Waals surface area contributed by atoms with Gasteiger partial charge in [0, 0.05) is 12.5 Å². The molecule has 0 amide bonds. The van der Waals surface area contributed by atoms with Crippen LogP contribution in [0, 0.1) is 11.7 Å². The second-order valence-electron chi connectivity index (χ2n) is 4.10. The van der Waals surface area contributed by atoms with E-state index in [1.54, 1.807) is 0 Å². The molecule has 1 saturated heterocycles. The lowest BCUT2D eigenvalue weighted by Gasteiger charge is -2.12. The van der Waals surface area contributed by atoms with Crippen molar-refractivity contribution in [1.82, 2.24) is 0 Å². The molecule has 2 rings (SSSR count). The highest BCUT2D eigenvalue weighted by molar-refractivity contribution is 6.58. The van der Waals surface area contributed by atoms with Crippen LogP contribution < -0.4 is 10.2 Å². The summed E-state index contributed by atoms with van der Waals surface area (Å²) < 4.78 is 23.9. The summed E-state index contributed by atoms with van der Waals surface area (Å²) in [5.41, 5.74) is 0.212. The predicted octanol–water partition coefficient (Wildman–Crippen LogP) is -0.0792.